The summed E-state index contributed by atoms with van der Waals surface area (Å²) in [5.74, 6) is 1.65. The third-order valence-corrected chi connectivity index (χ3v) is 4.62. The van der Waals surface area contributed by atoms with Gasteiger partial charge in [0.05, 0.1) is 0 Å². The third-order valence-electron chi connectivity index (χ3n) is 4.62. The smallest absolute Gasteiger partial charge is 0.182 e. The Morgan fingerprint density at radius 1 is 0.889 bits per heavy atom. The number of aromatic amines is 1. The van der Waals surface area contributed by atoms with Crippen LogP contribution in [0, 0.1) is 6.92 Å². The Balaban J connectivity index is 1.76. The van der Waals surface area contributed by atoms with Crippen molar-refractivity contribution < 1.29 is 4.74 Å². The van der Waals surface area contributed by atoms with Gasteiger partial charge < -0.3 is 4.74 Å². The Morgan fingerprint density at radius 2 is 1.56 bits per heavy atom. The summed E-state index contributed by atoms with van der Waals surface area (Å²) in [7, 11) is 0. The second-order valence-corrected chi connectivity index (χ2v) is 7.79. The number of aryl methyl sites for hydroxylation is 1. The summed E-state index contributed by atoms with van der Waals surface area (Å²) < 4.78 is 5.91. The molecule has 0 saturated heterocycles. The number of benzene rings is 2. The molecule has 4 aromatic rings. The van der Waals surface area contributed by atoms with Crippen LogP contribution in [0.5, 0.6) is 11.5 Å². The molecule has 0 aliphatic rings. The van der Waals surface area contributed by atoms with Gasteiger partial charge in [0.1, 0.15) is 11.5 Å². The molecule has 136 valence electrons. The van der Waals surface area contributed by atoms with Gasteiger partial charge in [-0.25, -0.2) is 4.98 Å². The first-order valence-electron chi connectivity index (χ1n) is 9.11. The van der Waals surface area contributed by atoms with Crippen LogP contribution in [0.25, 0.3) is 22.2 Å². The molecule has 0 spiro atoms. The minimum atomic E-state index is -0.0494. The molecule has 0 aliphatic carbocycles. The Kier molecular flexibility index (Phi) is 4.19. The number of ether oxygens (including phenoxy) is 1. The normalized spacial score (nSPS) is 11.7. The molecule has 0 bridgehead atoms. The van der Waals surface area contributed by atoms with Gasteiger partial charge in [-0.2, -0.15) is 5.10 Å². The van der Waals surface area contributed by atoms with E-state index in [2.05, 4.69) is 49.2 Å². The van der Waals surface area contributed by atoms with E-state index in [1.54, 1.807) is 0 Å². The SMILES string of the molecule is Cc1[nH]nc2nc(C(C)(C)C)cc(-c3ccc(Oc4ccccc4)cc3)c12. The third kappa shape index (κ3) is 3.43. The molecular formula is C23H23N3O. The summed E-state index contributed by atoms with van der Waals surface area (Å²) in [6, 6.07) is 20.2. The van der Waals surface area contributed by atoms with Crippen molar-refractivity contribution in [1.29, 1.82) is 0 Å². The molecule has 27 heavy (non-hydrogen) atoms. The highest BCUT2D eigenvalue weighted by molar-refractivity contribution is 5.95. The number of rotatable bonds is 3. The van der Waals surface area contributed by atoms with Gasteiger partial charge in [-0.05, 0) is 48.4 Å². The number of pyridine rings is 1. The van der Waals surface area contributed by atoms with Crippen molar-refractivity contribution in [2.24, 2.45) is 0 Å². The zero-order chi connectivity index (χ0) is 19.0. The van der Waals surface area contributed by atoms with Crippen LogP contribution in [0.1, 0.15) is 32.2 Å². The van der Waals surface area contributed by atoms with Crippen LogP contribution in [-0.2, 0) is 5.41 Å². The van der Waals surface area contributed by atoms with Crippen molar-refractivity contribution in [2.75, 3.05) is 0 Å². The summed E-state index contributed by atoms with van der Waals surface area (Å²) >= 11 is 0. The molecular weight excluding hydrogens is 334 g/mol. The zero-order valence-corrected chi connectivity index (χ0v) is 16.1. The average Bonchev–Trinajstić information content (AvgIpc) is 3.03. The van der Waals surface area contributed by atoms with E-state index in [9.17, 15) is 0 Å². The predicted molar refractivity (Wildman–Crippen MR) is 109 cm³/mol. The number of nitrogens with one attached hydrogen (secondary N) is 1. The fourth-order valence-electron chi connectivity index (χ4n) is 3.11. The molecule has 4 rings (SSSR count). The monoisotopic (exact) mass is 357 g/mol. The summed E-state index contributed by atoms with van der Waals surface area (Å²) in [4.78, 5) is 4.76. The van der Waals surface area contributed by atoms with Gasteiger partial charge >= 0.3 is 0 Å². The molecule has 0 aliphatic heterocycles. The summed E-state index contributed by atoms with van der Waals surface area (Å²) in [5.41, 5.74) is 5.03. The number of para-hydroxylation sites is 1. The molecule has 2 aromatic heterocycles. The van der Waals surface area contributed by atoms with Crippen LogP contribution in [0.3, 0.4) is 0 Å². The van der Waals surface area contributed by atoms with Gasteiger partial charge in [0, 0.05) is 22.2 Å². The van der Waals surface area contributed by atoms with Crippen molar-refractivity contribution >= 4 is 11.0 Å². The molecule has 0 saturated carbocycles. The first-order chi connectivity index (χ1) is 12.9. The molecule has 1 N–H and O–H groups in total. The second kappa shape index (κ2) is 6.54. The zero-order valence-electron chi connectivity index (χ0n) is 16.1. The van der Waals surface area contributed by atoms with Crippen molar-refractivity contribution in [3.63, 3.8) is 0 Å². The number of aromatic nitrogens is 3. The Morgan fingerprint density at radius 3 is 2.22 bits per heavy atom. The molecule has 2 heterocycles. The molecule has 0 unspecified atom stereocenters. The lowest BCUT2D eigenvalue weighted by Gasteiger charge is -2.19. The van der Waals surface area contributed by atoms with E-state index >= 15 is 0 Å². The largest absolute Gasteiger partial charge is 0.457 e. The van der Waals surface area contributed by atoms with E-state index in [0.717, 1.165) is 45.0 Å². The average molecular weight is 357 g/mol. The Bertz CT molecular complexity index is 1070. The van der Waals surface area contributed by atoms with Crippen LogP contribution in [0.4, 0.5) is 0 Å². The first kappa shape index (κ1) is 17.3. The van der Waals surface area contributed by atoms with E-state index in [4.69, 9.17) is 9.72 Å². The second-order valence-electron chi connectivity index (χ2n) is 7.79. The van der Waals surface area contributed by atoms with E-state index in [1.807, 2.05) is 49.4 Å². The molecule has 0 amide bonds. The lowest BCUT2D eigenvalue weighted by Crippen LogP contribution is -2.13. The maximum Gasteiger partial charge on any atom is 0.182 e. The standard InChI is InChI=1S/C23H23N3O/c1-15-21-19(14-20(23(2,3)4)24-22(21)26-25-15)16-10-12-18(13-11-16)27-17-8-6-5-7-9-17/h5-14H,1-4H3,(H,24,25,26). The fourth-order valence-corrected chi connectivity index (χ4v) is 3.11. The fraction of sp³-hybridized carbons (Fsp3) is 0.217. The van der Waals surface area contributed by atoms with E-state index < -0.39 is 0 Å². The molecule has 0 atom stereocenters. The van der Waals surface area contributed by atoms with Crippen molar-refractivity contribution in [1.82, 2.24) is 15.2 Å². The van der Waals surface area contributed by atoms with Gasteiger partial charge in [0.2, 0.25) is 0 Å². The minimum absolute atomic E-state index is 0.0494. The van der Waals surface area contributed by atoms with Crippen LogP contribution in [0.15, 0.2) is 60.7 Å². The van der Waals surface area contributed by atoms with Gasteiger partial charge in [0.25, 0.3) is 0 Å². The Labute approximate surface area is 159 Å². The summed E-state index contributed by atoms with van der Waals surface area (Å²) in [6.45, 7) is 8.54. The number of H-pyrrole nitrogens is 1. The maximum absolute atomic E-state index is 5.91. The number of fused-ring (bicyclic) bond motifs is 1. The summed E-state index contributed by atoms with van der Waals surface area (Å²) in [5, 5.41) is 8.53. The molecule has 2 aromatic carbocycles. The van der Waals surface area contributed by atoms with Crippen LogP contribution in [-0.4, -0.2) is 15.2 Å². The van der Waals surface area contributed by atoms with Crippen molar-refractivity contribution in [3.05, 3.63) is 72.1 Å². The van der Waals surface area contributed by atoms with E-state index in [-0.39, 0.29) is 5.41 Å². The highest BCUT2D eigenvalue weighted by atomic mass is 16.5. The predicted octanol–water partition coefficient (Wildman–Crippen LogP) is 6.02. The highest BCUT2D eigenvalue weighted by Crippen LogP contribution is 2.34. The van der Waals surface area contributed by atoms with E-state index in [0.29, 0.717) is 0 Å². The maximum atomic E-state index is 5.91. The van der Waals surface area contributed by atoms with Gasteiger partial charge in [-0.15, -0.1) is 0 Å². The number of hydrogen-bond acceptors (Lipinski definition) is 3. The van der Waals surface area contributed by atoms with E-state index in [1.165, 1.54) is 0 Å². The van der Waals surface area contributed by atoms with Gasteiger partial charge in [0.15, 0.2) is 5.65 Å². The minimum Gasteiger partial charge on any atom is -0.457 e. The molecule has 4 nitrogen and oxygen atoms in total. The quantitative estimate of drug-likeness (QED) is 0.487. The first-order valence-corrected chi connectivity index (χ1v) is 9.11. The lowest BCUT2D eigenvalue weighted by molar-refractivity contribution is 0.483. The lowest BCUT2D eigenvalue weighted by atomic mass is 9.89. The molecule has 4 heteroatoms. The van der Waals surface area contributed by atoms with Crippen molar-refractivity contribution in [2.45, 2.75) is 33.1 Å². The van der Waals surface area contributed by atoms with Crippen LogP contribution in [0.2, 0.25) is 0 Å². The highest BCUT2D eigenvalue weighted by Gasteiger charge is 2.20. The Hall–Kier alpha value is -3.14. The van der Waals surface area contributed by atoms with Crippen molar-refractivity contribution in [3.8, 4) is 22.6 Å². The molecule has 0 radical (unpaired) electrons. The van der Waals surface area contributed by atoms with Gasteiger partial charge in [-0.1, -0.05) is 51.1 Å². The van der Waals surface area contributed by atoms with Crippen LogP contribution < -0.4 is 4.74 Å². The molecule has 0 fully saturated rings. The van der Waals surface area contributed by atoms with Crippen LogP contribution >= 0.6 is 0 Å². The topological polar surface area (TPSA) is 50.8 Å². The number of hydrogen-bond donors (Lipinski definition) is 1. The summed E-state index contributed by atoms with van der Waals surface area (Å²) in [6.07, 6.45) is 0. The van der Waals surface area contributed by atoms with Gasteiger partial charge in [-0.3, -0.25) is 5.10 Å². The number of nitrogens with zero attached hydrogens (tertiary/aromatic N) is 2.